The van der Waals surface area contributed by atoms with Crippen molar-refractivity contribution in [2.24, 2.45) is 0 Å². The van der Waals surface area contributed by atoms with Gasteiger partial charge in [0.1, 0.15) is 5.78 Å². The Balaban J connectivity index is 3.27. The van der Waals surface area contributed by atoms with Gasteiger partial charge in [0, 0.05) is 43.9 Å². The highest BCUT2D eigenvalue weighted by Crippen LogP contribution is 2.19. The van der Waals surface area contributed by atoms with Crippen molar-refractivity contribution in [1.82, 2.24) is 10.6 Å². The third-order valence-electron chi connectivity index (χ3n) is 2.36. The predicted octanol–water partition coefficient (Wildman–Crippen LogP) is 2.24. The van der Waals surface area contributed by atoms with Crippen molar-refractivity contribution in [3.63, 3.8) is 0 Å². The number of amides is 1. The molecule has 4 nitrogen and oxygen atoms in total. The molecule has 0 rings (SSSR count). The fourth-order valence-corrected chi connectivity index (χ4v) is 3.24. The Kier molecular flexibility index (Phi) is 14.1. The summed E-state index contributed by atoms with van der Waals surface area (Å²) < 4.78 is 0. The van der Waals surface area contributed by atoms with E-state index in [0.29, 0.717) is 25.8 Å². The van der Waals surface area contributed by atoms with Gasteiger partial charge in [0.25, 0.3) is 0 Å². The molecule has 1 amide bonds. The summed E-state index contributed by atoms with van der Waals surface area (Å²) in [7, 11) is 3.59. The van der Waals surface area contributed by atoms with Crippen molar-refractivity contribution in [3.8, 4) is 0 Å². The molecule has 0 unspecified atom stereocenters. The van der Waals surface area contributed by atoms with Gasteiger partial charge < -0.3 is 10.6 Å². The van der Waals surface area contributed by atoms with Gasteiger partial charge in [0.15, 0.2) is 0 Å². The van der Waals surface area contributed by atoms with Gasteiger partial charge in [-0.05, 0) is 13.0 Å². The fraction of sp³-hybridized carbons (Fsp3) is 0.846. The van der Waals surface area contributed by atoms with Crippen LogP contribution < -0.4 is 10.6 Å². The van der Waals surface area contributed by atoms with Crippen molar-refractivity contribution in [1.29, 1.82) is 0 Å². The number of rotatable bonds is 13. The minimum absolute atomic E-state index is 0.0114. The highest BCUT2D eigenvalue weighted by molar-refractivity contribution is 8.76. The number of hydrogen-bond donors (Lipinski definition) is 2. The van der Waals surface area contributed by atoms with Crippen LogP contribution in [0.1, 0.15) is 39.5 Å². The monoisotopic (exact) mass is 306 g/mol. The minimum atomic E-state index is -0.0114. The average Bonchev–Trinajstić information content (AvgIpc) is 2.40. The molecule has 0 aliphatic rings. The maximum Gasteiger partial charge on any atom is 0.220 e. The lowest BCUT2D eigenvalue weighted by molar-refractivity contribution is -0.125. The van der Waals surface area contributed by atoms with Crippen LogP contribution in [0, 0.1) is 0 Å². The smallest absolute Gasteiger partial charge is 0.220 e. The molecule has 0 aromatic carbocycles. The van der Waals surface area contributed by atoms with Crippen molar-refractivity contribution in [2.45, 2.75) is 39.5 Å². The quantitative estimate of drug-likeness (QED) is 0.404. The van der Waals surface area contributed by atoms with E-state index >= 15 is 0 Å². The molecular formula is C13H26N2O2S2. The van der Waals surface area contributed by atoms with E-state index in [1.807, 2.05) is 17.7 Å². The SMILES string of the molecule is CCCC(=O)CCC(=O)NCCSSCCNCC. The molecule has 0 saturated carbocycles. The molecule has 0 spiro atoms. The maximum atomic E-state index is 11.4. The van der Waals surface area contributed by atoms with E-state index in [-0.39, 0.29) is 11.7 Å². The molecule has 0 bridgehead atoms. The third-order valence-corrected chi connectivity index (χ3v) is 4.77. The molecule has 0 aliphatic carbocycles. The van der Waals surface area contributed by atoms with Gasteiger partial charge in [0.05, 0.1) is 0 Å². The number of nitrogens with one attached hydrogen (secondary N) is 2. The minimum Gasteiger partial charge on any atom is -0.355 e. The molecule has 2 N–H and O–H groups in total. The van der Waals surface area contributed by atoms with Gasteiger partial charge >= 0.3 is 0 Å². The standard InChI is InChI=1S/C13H26N2O2S2/c1-3-5-12(16)6-7-13(17)15-9-11-19-18-10-8-14-4-2/h14H,3-11H2,1-2H3,(H,15,17). The average molecular weight is 306 g/mol. The number of Topliss-reactive ketones (excluding diaryl/α,β-unsaturated/α-hetero) is 1. The zero-order chi connectivity index (χ0) is 14.3. The van der Waals surface area contributed by atoms with Crippen LogP contribution >= 0.6 is 21.6 Å². The van der Waals surface area contributed by atoms with E-state index in [1.165, 1.54) is 0 Å². The van der Waals surface area contributed by atoms with Crippen LogP contribution in [-0.4, -0.2) is 42.8 Å². The van der Waals surface area contributed by atoms with Gasteiger partial charge in [-0.3, -0.25) is 9.59 Å². The highest BCUT2D eigenvalue weighted by Gasteiger charge is 2.05. The van der Waals surface area contributed by atoms with Crippen molar-refractivity contribution in [3.05, 3.63) is 0 Å². The molecule has 6 heteroatoms. The summed E-state index contributed by atoms with van der Waals surface area (Å²) >= 11 is 0. The first-order valence-corrected chi connectivity index (χ1v) is 9.43. The van der Waals surface area contributed by atoms with Gasteiger partial charge in [-0.25, -0.2) is 0 Å². The lowest BCUT2D eigenvalue weighted by atomic mass is 10.1. The molecule has 0 fully saturated rings. The summed E-state index contributed by atoms with van der Waals surface area (Å²) in [6.07, 6.45) is 2.16. The lowest BCUT2D eigenvalue weighted by Crippen LogP contribution is -2.25. The first-order valence-electron chi connectivity index (χ1n) is 6.94. The first-order chi connectivity index (χ1) is 9.20. The largest absolute Gasteiger partial charge is 0.355 e. The molecule has 0 radical (unpaired) electrons. The summed E-state index contributed by atoms with van der Waals surface area (Å²) in [4.78, 5) is 22.7. The Morgan fingerprint density at radius 3 is 2.26 bits per heavy atom. The third kappa shape index (κ3) is 14.0. The second-order valence-electron chi connectivity index (χ2n) is 4.14. The molecule has 0 aromatic rings. The zero-order valence-corrected chi connectivity index (χ0v) is 13.6. The van der Waals surface area contributed by atoms with Crippen LogP contribution in [0.2, 0.25) is 0 Å². The second kappa shape index (κ2) is 14.2. The number of hydrogen-bond acceptors (Lipinski definition) is 5. The molecule has 112 valence electrons. The van der Waals surface area contributed by atoms with E-state index in [0.717, 1.165) is 31.0 Å². The zero-order valence-electron chi connectivity index (χ0n) is 12.0. The van der Waals surface area contributed by atoms with Crippen molar-refractivity contribution < 1.29 is 9.59 Å². The Hall–Kier alpha value is -0.200. The van der Waals surface area contributed by atoms with Crippen LogP contribution in [0.3, 0.4) is 0 Å². The number of carbonyl (C=O) groups is 2. The van der Waals surface area contributed by atoms with Crippen molar-refractivity contribution in [2.75, 3.05) is 31.1 Å². The molecule has 0 heterocycles. The van der Waals surface area contributed by atoms with Crippen LogP contribution in [0.15, 0.2) is 0 Å². The lowest BCUT2D eigenvalue weighted by Gasteiger charge is -2.05. The van der Waals surface area contributed by atoms with Gasteiger partial charge in [-0.2, -0.15) is 0 Å². The number of carbonyl (C=O) groups excluding carboxylic acids is 2. The van der Waals surface area contributed by atoms with E-state index in [9.17, 15) is 9.59 Å². The fourth-order valence-electron chi connectivity index (χ4n) is 1.39. The summed E-state index contributed by atoms with van der Waals surface area (Å²) in [5, 5.41) is 6.10. The molecular weight excluding hydrogens is 280 g/mol. The van der Waals surface area contributed by atoms with Crippen LogP contribution in [0.25, 0.3) is 0 Å². The molecule has 0 aliphatic heterocycles. The highest BCUT2D eigenvalue weighted by atomic mass is 33.1. The summed E-state index contributed by atoms with van der Waals surface area (Å²) in [6, 6.07) is 0. The molecule has 19 heavy (non-hydrogen) atoms. The van der Waals surface area contributed by atoms with Crippen LogP contribution in [0.5, 0.6) is 0 Å². The molecule has 0 saturated heterocycles. The van der Waals surface area contributed by atoms with Gasteiger partial charge in [-0.1, -0.05) is 35.4 Å². The topological polar surface area (TPSA) is 58.2 Å². The Bertz CT molecular complexity index is 251. The first kappa shape index (κ1) is 18.8. The van der Waals surface area contributed by atoms with Crippen molar-refractivity contribution >= 4 is 33.3 Å². The second-order valence-corrected chi connectivity index (χ2v) is 6.84. The van der Waals surface area contributed by atoms with Crippen LogP contribution in [0.4, 0.5) is 0 Å². The van der Waals surface area contributed by atoms with E-state index in [1.54, 1.807) is 10.8 Å². The van der Waals surface area contributed by atoms with Gasteiger partial charge in [0.2, 0.25) is 5.91 Å². The van der Waals surface area contributed by atoms with E-state index in [4.69, 9.17) is 0 Å². The molecule has 0 aromatic heterocycles. The predicted molar refractivity (Wildman–Crippen MR) is 85.6 cm³/mol. The maximum absolute atomic E-state index is 11.4. The Labute approximate surface area is 124 Å². The number of ketones is 1. The van der Waals surface area contributed by atoms with E-state index in [2.05, 4.69) is 17.6 Å². The van der Waals surface area contributed by atoms with Crippen LogP contribution in [-0.2, 0) is 9.59 Å². The van der Waals surface area contributed by atoms with E-state index < -0.39 is 0 Å². The summed E-state index contributed by atoms with van der Waals surface area (Å²) in [5.41, 5.74) is 0. The summed E-state index contributed by atoms with van der Waals surface area (Å²) in [6.45, 7) is 6.79. The summed E-state index contributed by atoms with van der Waals surface area (Å²) in [5.74, 6) is 2.16. The normalized spacial score (nSPS) is 10.4. The van der Waals surface area contributed by atoms with Gasteiger partial charge in [-0.15, -0.1) is 0 Å². The Morgan fingerprint density at radius 1 is 0.947 bits per heavy atom. The molecule has 0 atom stereocenters. The Morgan fingerprint density at radius 2 is 1.63 bits per heavy atom.